The van der Waals surface area contributed by atoms with Gasteiger partial charge in [-0.15, -0.1) is 12.4 Å². The van der Waals surface area contributed by atoms with Crippen LogP contribution in [0.5, 0.6) is 0 Å². The molecule has 0 spiro atoms. The van der Waals surface area contributed by atoms with Crippen molar-refractivity contribution in [3.05, 3.63) is 59.2 Å². The van der Waals surface area contributed by atoms with E-state index in [1.165, 1.54) is 30.3 Å². The second kappa shape index (κ2) is 10.9. The number of aliphatic hydroxyl groups is 1. The van der Waals surface area contributed by atoms with Gasteiger partial charge in [-0.05, 0) is 55.1 Å². The molecule has 178 valence electrons. The minimum atomic E-state index is -5.03. The van der Waals surface area contributed by atoms with Crippen LogP contribution in [0, 0.1) is 5.92 Å². The highest BCUT2D eigenvalue weighted by Crippen LogP contribution is 2.46. The van der Waals surface area contributed by atoms with Crippen LogP contribution in [0.1, 0.15) is 35.6 Å². The summed E-state index contributed by atoms with van der Waals surface area (Å²) in [4.78, 5) is 0. The molecule has 1 aliphatic rings. The highest BCUT2D eigenvalue weighted by atomic mass is 35.5. The van der Waals surface area contributed by atoms with Gasteiger partial charge in [0.05, 0.1) is 24.3 Å². The highest BCUT2D eigenvalue weighted by molar-refractivity contribution is 5.85. The lowest BCUT2D eigenvalue weighted by molar-refractivity contribution is -0.142. The summed E-state index contributed by atoms with van der Waals surface area (Å²) in [6.45, 7) is 0.945. The molecule has 10 heteroatoms. The Kier molecular flexibility index (Phi) is 8.98. The summed E-state index contributed by atoms with van der Waals surface area (Å²) in [5.74, 6) is 0.128. The third-order valence-electron chi connectivity index (χ3n) is 5.36. The third kappa shape index (κ3) is 6.37. The van der Waals surface area contributed by atoms with Crippen molar-refractivity contribution in [3.63, 3.8) is 0 Å². The first kappa shape index (κ1) is 26.4. The molecular formula is C22H24ClF6NO2. The van der Waals surface area contributed by atoms with Crippen LogP contribution in [0.4, 0.5) is 26.3 Å². The minimum Gasteiger partial charge on any atom is -0.393 e. The molecule has 1 unspecified atom stereocenters. The number of ether oxygens (including phenoxy) is 1. The second-order valence-electron chi connectivity index (χ2n) is 7.55. The van der Waals surface area contributed by atoms with E-state index in [9.17, 15) is 31.4 Å². The fourth-order valence-corrected chi connectivity index (χ4v) is 3.77. The van der Waals surface area contributed by atoms with E-state index < -0.39 is 41.8 Å². The molecule has 1 aliphatic heterocycles. The van der Waals surface area contributed by atoms with Crippen LogP contribution in [0.15, 0.2) is 42.5 Å². The molecule has 0 aliphatic carbocycles. The van der Waals surface area contributed by atoms with Gasteiger partial charge in [0.1, 0.15) is 6.10 Å². The molecule has 3 rings (SSSR count). The molecule has 0 saturated carbocycles. The number of benzene rings is 2. The van der Waals surface area contributed by atoms with Crippen LogP contribution < -0.4 is 5.32 Å². The largest absolute Gasteiger partial charge is 0.417 e. The lowest BCUT2D eigenvalue weighted by atomic mass is 9.90. The Labute approximate surface area is 188 Å². The van der Waals surface area contributed by atoms with Crippen molar-refractivity contribution >= 4 is 12.4 Å². The van der Waals surface area contributed by atoms with Crippen molar-refractivity contribution in [2.45, 2.75) is 31.3 Å². The van der Waals surface area contributed by atoms with Gasteiger partial charge < -0.3 is 15.2 Å². The van der Waals surface area contributed by atoms with Crippen molar-refractivity contribution in [2.24, 2.45) is 5.92 Å². The summed E-state index contributed by atoms with van der Waals surface area (Å²) < 4.78 is 88.7. The van der Waals surface area contributed by atoms with Gasteiger partial charge in [0.2, 0.25) is 0 Å². The normalized spacial score (nSPS) is 16.5. The summed E-state index contributed by atoms with van der Waals surface area (Å²) in [5.41, 5.74) is -4.29. The lowest BCUT2D eigenvalue weighted by Gasteiger charge is -2.26. The summed E-state index contributed by atoms with van der Waals surface area (Å²) in [7, 11) is 0. The quantitative estimate of drug-likeness (QED) is 0.505. The highest BCUT2D eigenvalue weighted by Gasteiger charge is 2.42. The zero-order valence-corrected chi connectivity index (χ0v) is 17.8. The van der Waals surface area contributed by atoms with Crippen molar-refractivity contribution in [1.82, 2.24) is 5.32 Å². The number of nitrogens with one attached hydrogen (secondary N) is 1. The van der Waals surface area contributed by atoms with Crippen molar-refractivity contribution in [2.75, 3.05) is 26.3 Å². The average molecular weight is 484 g/mol. The number of aliphatic hydroxyl groups excluding tert-OH is 1. The molecule has 1 fully saturated rings. The molecule has 32 heavy (non-hydrogen) atoms. The van der Waals surface area contributed by atoms with E-state index in [1.807, 2.05) is 0 Å². The molecule has 0 radical (unpaired) electrons. The van der Waals surface area contributed by atoms with Crippen molar-refractivity contribution < 1.29 is 36.2 Å². The summed E-state index contributed by atoms with van der Waals surface area (Å²) in [6, 6.07) is 7.98. The van der Waals surface area contributed by atoms with Gasteiger partial charge in [-0.3, -0.25) is 0 Å². The molecule has 3 nitrogen and oxygen atoms in total. The van der Waals surface area contributed by atoms with E-state index in [0.29, 0.717) is 12.1 Å². The predicted octanol–water partition coefficient (Wildman–Crippen LogP) is 5.86. The van der Waals surface area contributed by atoms with Gasteiger partial charge >= 0.3 is 12.4 Å². The molecule has 2 N–H and O–H groups in total. The predicted molar refractivity (Wildman–Crippen MR) is 111 cm³/mol. The van der Waals surface area contributed by atoms with Crippen LogP contribution >= 0.6 is 12.4 Å². The Morgan fingerprint density at radius 1 is 0.938 bits per heavy atom. The molecule has 0 bridgehead atoms. The molecule has 1 heterocycles. The SMILES string of the molecule is Cl.OCC(OCC1CCNCC1)c1cc(C(F)(F)F)c(-c2ccccc2)c(C(F)(F)F)c1. The Morgan fingerprint density at radius 2 is 1.47 bits per heavy atom. The molecule has 0 aromatic heterocycles. The van der Waals surface area contributed by atoms with Gasteiger partial charge in [-0.2, -0.15) is 26.3 Å². The topological polar surface area (TPSA) is 41.5 Å². The number of alkyl halides is 6. The van der Waals surface area contributed by atoms with E-state index in [2.05, 4.69) is 5.32 Å². The van der Waals surface area contributed by atoms with Gasteiger partial charge in [0, 0.05) is 5.56 Å². The van der Waals surface area contributed by atoms with Crippen molar-refractivity contribution in [1.29, 1.82) is 0 Å². The van der Waals surface area contributed by atoms with E-state index in [1.54, 1.807) is 0 Å². The lowest BCUT2D eigenvalue weighted by Crippen LogP contribution is -2.30. The third-order valence-corrected chi connectivity index (χ3v) is 5.36. The van der Waals surface area contributed by atoms with E-state index in [4.69, 9.17) is 4.74 Å². The number of piperidine rings is 1. The first-order valence-electron chi connectivity index (χ1n) is 9.92. The molecule has 0 amide bonds. The number of rotatable bonds is 6. The zero-order valence-electron chi connectivity index (χ0n) is 17.0. The standard InChI is InChI=1S/C22H23F6NO2.ClH/c23-21(24,25)17-10-16(19(12-30)31-13-14-6-8-29-9-7-14)11-18(22(26,27)28)20(17)15-4-2-1-3-5-15;/h1-5,10-11,14,19,29-30H,6-9,12-13H2;1H. The maximum atomic E-state index is 13.8. The monoisotopic (exact) mass is 483 g/mol. The Hall–Kier alpha value is -1.81. The van der Waals surface area contributed by atoms with Crippen LogP contribution in [-0.4, -0.2) is 31.4 Å². The van der Waals surface area contributed by atoms with E-state index in [-0.39, 0.29) is 36.1 Å². The minimum absolute atomic E-state index is 0. The van der Waals surface area contributed by atoms with Crippen LogP contribution in [0.2, 0.25) is 0 Å². The van der Waals surface area contributed by atoms with Crippen LogP contribution in [-0.2, 0) is 17.1 Å². The first-order valence-corrected chi connectivity index (χ1v) is 9.92. The van der Waals surface area contributed by atoms with Gasteiger partial charge in [-0.25, -0.2) is 0 Å². The smallest absolute Gasteiger partial charge is 0.393 e. The van der Waals surface area contributed by atoms with E-state index >= 15 is 0 Å². The molecule has 1 saturated heterocycles. The fraction of sp³-hybridized carbons (Fsp3) is 0.455. The zero-order chi connectivity index (χ0) is 22.6. The molecule has 1 atom stereocenters. The first-order chi connectivity index (χ1) is 14.6. The second-order valence-corrected chi connectivity index (χ2v) is 7.55. The molecular weight excluding hydrogens is 460 g/mol. The Morgan fingerprint density at radius 3 is 1.94 bits per heavy atom. The number of hydrogen-bond donors (Lipinski definition) is 2. The van der Waals surface area contributed by atoms with Crippen LogP contribution in [0.25, 0.3) is 11.1 Å². The van der Waals surface area contributed by atoms with E-state index in [0.717, 1.165) is 25.9 Å². The van der Waals surface area contributed by atoms with Gasteiger partial charge in [0.25, 0.3) is 0 Å². The summed E-state index contributed by atoms with van der Waals surface area (Å²) in [5, 5.41) is 12.8. The Balaban J connectivity index is 0.00000363. The number of halogens is 7. The maximum absolute atomic E-state index is 13.8. The summed E-state index contributed by atoms with van der Waals surface area (Å²) in [6.07, 6.45) is -9.78. The van der Waals surface area contributed by atoms with Crippen LogP contribution in [0.3, 0.4) is 0 Å². The van der Waals surface area contributed by atoms with Gasteiger partial charge in [0.15, 0.2) is 0 Å². The van der Waals surface area contributed by atoms with Crippen molar-refractivity contribution in [3.8, 4) is 11.1 Å². The summed E-state index contributed by atoms with van der Waals surface area (Å²) >= 11 is 0. The molecule has 2 aromatic carbocycles. The fourth-order valence-electron chi connectivity index (χ4n) is 3.77. The Bertz CT molecular complexity index is 832. The number of hydrogen-bond acceptors (Lipinski definition) is 3. The van der Waals surface area contributed by atoms with Gasteiger partial charge in [-0.1, -0.05) is 30.3 Å². The molecule has 2 aromatic rings. The maximum Gasteiger partial charge on any atom is 0.417 e. The average Bonchev–Trinajstić information content (AvgIpc) is 2.73.